The van der Waals surface area contributed by atoms with Gasteiger partial charge in [0.1, 0.15) is 5.82 Å². The Hall–Kier alpha value is -2.53. The molecule has 2 rings (SSSR count). The van der Waals surface area contributed by atoms with Crippen molar-refractivity contribution in [2.75, 3.05) is 7.05 Å². The van der Waals surface area contributed by atoms with Crippen LogP contribution in [0.2, 0.25) is 0 Å². The number of nitrogens with zero attached hydrogens (tertiary/aromatic N) is 2. The molecule has 0 unspecified atom stereocenters. The summed E-state index contributed by atoms with van der Waals surface area (Å²) in [7, 11) is 1.64. The van der Waals surface area contributed by atoms with Crippen molar-refractivity contribution >= 4 is 11.8 Å². The number of rotatable bonds is 6. The number of aliphatic imine (C=N–C) groups is 1. The first-order valence-corrected chi connectivity index (χ1v) is 7.39. The van der Waals surface area contributed by atoms with Crippen molar-refractivity contribution in [2.45, 2.75) is 20.0 Å². The summed E-state index contributed by atoms with van der Waals surface area (Å²) in [6.07, 6.45) is 4.57. The van der Waals surface area contributed by atoms with Crippen molar-refractivity contribution in [1.82, 2.24) is 10.3 Å². The summed E-state index contributed by atoms with van der Waals surface area (Å²) in [5, 5.41) is 3.22. The van der Waals surface area contributed by atoms with Gasteiger partial charge in [0.2, 0.25) is 0 Å². The van der Waals surface area contributed by atoms with Crippen LogP contribution in [0.4, 0.5) is 4.39 Å². The molecule has 3 N–H and O–H groups in total. The van der Waals surface area contributed by atoms with E-state index in [0.29, 0.717) is 29.9 Å². The van der Waals surface area contributed by atoms with Crippen molar-refractivity contribution in [3.63, 3.8) is 0 Å². The van der Waals surface area contributed by atoms with Crippen LogP contribution in [0.15, 0.2) is 47.7 Å². The van der Waals surface area contributed by atoms with E-state index in [1.807, 2.05) is 12.1 Å². The molecule has 1 heterocycles. The molecule has 0 atom stereocenters. The van der Waals surface area contributed by atoms with Crippen LogP contribution in [0.5, 0.6) is 0 Å². The molecule has 0 saturated carbocycles. The van der Waals surface area contributed by atoms with Crippen molar-refractivity contribution in [2.24, 2.45) is 10.7 Å². The fourth-order valence-electron chi connectivity index (χ4n) is 2.23. The van der Waals surface area contributed by atoms with Crippen LogP contribution >= 0.6 is 0 Å². The largest absolute Gasteiger partial charge is 0.404 e. The second-order valence-corrected chi connectivity index (χ2v) is 5.19. The maximum Gasteiger partial charge on any atom is 0.146 e. The summed E-state index contributed by atoms with van der Waals surface area (Å²) in [4.78, 5) is 8.08. The molecule has 0 amide bonds. The maximum absolute atomic E-state index is 14.2. The van der Waals surface area contributed by atoms with Crippen LogP contribution in [0, 0.1) is 12.7 Å². The van der Waals surface area contributed by atoms with E-state index in [-0.39, 0.29) is 5.82 Å². The summed E-state index contributed by atoms with van der Waals surface area (Å²) in [5.74, 6) is -0.358. The third kappa shape index (κ3) is 4.47. The van der Waals surface area contributed by atoms with E-state index < -0.39 is 0 Å². The Balaban J connectivity index is 2.03. The van der Waals surface area contributed by atoms with Gasteiger partial charge in [-0.25, -0.2) is 4.39 Å². The minimum absolute atomic E-state index is 0.358. The van der Waals surface area contributed by atoms with Crippen LogP contribution in [-0.4, -0.2) is 18.2 Å². The number of allylic oxidation sites excluding steroid dienone is 1. The van der Waals surface area contributed by atoms with E-state index in [4.69, 9.17) is 5.73 Å². The number of halogens is 1. The lowest BCUT2D eigenvalue weighted by Gasteiger charge is -2.09. The Bertz CT molecular complexity index is 723. The Morgan fingerprint density at radius 2 is 2.13 bits per heavy atom. The Kier molecular flexibility index (Phi) is 6.00. The summed E-state index contributed by atoms with van der Waals surface area (Å²) < 4.78 is 14.2. The first-order chi connectivity index (χ1) is 11.2. The summed E-state index contributed by atoms with van der Waals surface area (Å²) in [5.41, 5.74) is 9.55. The third-order valence-electron chi connectivity index (χ3n) is 3.57. The molecule has 23 heavy (non-hydrogen) atoms. The molecular weight excluding hydrogens is 291 g/mol. The number of hydrogen-bond donors (Lipinski definition) is 2. The SMILES string of the molecule is CN=CC(=CN)c1cnc(CNCc2ccccc2C)c(F)c1. The Morgan fingerprint density at radius 3 is 2.78 bits per heavy atom. The minimum atomic E-state index is -0.358. The van der Waals surface area contributed by atoms with E-state index in [1.54, 1.807) is 19.5 Å². The number of aromatic nitrogens is 1. The number of pyridine rings is 1. The van der Waals surface area contributed by atoms with Crippen molar-refractivity contribution in [3.8, 4) is 0 Å². The van der Waals surface area contributed by atoms with Gasteiger partial charge < -0.3 is 11.1 Å². The molecule has 4 nitrogen and oxygen atoms in total. The van der Waals surface area contributed by atoms with Crippen molar-refractivity contribution in [1.29, 1.82) is 0 Å². The summed E-state index contributed by atoms with van der Waals surface area (Å²) >= 11 is 0. The van der Waals surface area contributed by atoms with Gasteiger partial charge in [-0.05, 0) is 24.1 Å². The van der Waals surface area contributed by atoms with Gasteiger partial charge >= 0.3 is 0 Å². The topological polar surface area (TPSA) is 63.3 Å². The number of benzene rings is 1. The van der Waals surface area contributed by atoms with Crippen LogP contribution in [-0.2, 0) is 13.1 Å². The zero-order valence-corrected chi connectivity index (χ0v) is 13.4. The number of aryl methyl sites for hydroxylation is 1. The molecule has 0 aliphatic heterocycles. The molecule has 120 valence electrons. The van der Waals surface area contributed by atoms with Gasteiger partial charge in [-0.15, -0.1) is 0 Å². The molecule has 1 aromatic heterocycles. The van der Waals surface area contributed by atoms with E-state index in [1.165, 1.54) is 23.4 Å². The molecule has 2 aromatic rings. The molecule has 0 fully saturated rings. The highest BCUT2D eigenvalue weighted by molar-refractivity contribution is 6.09. The fourth-order valence-corrected chi connectivity index (χ4v) is 2.23. The van der Waals surface area contributed by atoms with Crippen LogP contribution in [0.1, 0.15) is 22.4 Å². The van der Waals surface area contributed by atoms with Gasteiger partial charge in [0.25, 0.3) is 0 Å². The van der Waals surface area contributed by atoms with E-state index in [0.717, 1.165) is 0 Å². The summed E-state index contributed by atoms with van der Waals surface area (Å²) in [6, 6.07) is 9.53. The smallest absolute Gasteiger partial charge is 0.146 e. The predicted octanol–water partition coefficient (Wildman–Crippen LogP) is 2.82. The number of hydrogen-bond acceptors (Lipinski definition) is 4. The van der Waals surface area contributed by atoms with E-state index in [9.17, 15) is 4.39 Å². The molecular formula is C18H21FN4. The highest BCUT2D eigenvalue weighted by atomic mass is 19.1. The van der Waals surface area contributed by atoms with Gasteiger partial charge in [0.05, 0.1) is 5.69 Å². The molecule has 0 spiro atoms. The van der Waals surface area contributed by atoms with Gasteiger partial charge in [-0.2, -0.15) is 0 Å². The summed E-state index contributed by atoms with van der Waals surface area (Å²) in [6.45, 7) is 3.09. The lowest BCUT2D eigenvalue weighted by molar-refractivity contribution is 0.573. The third-order valence-corrected chi connectivity index (χ3v) is 3.57. The zero-order valence-electron chi connectivity index (χ0n) is 13.4. The zero-order chi connectivity index (χ0) is 16.7. The molecule has 0 bridgehead atoms. The number of nitrogens with one attached hydrogen (secondary N) is 1. The molecule has 0 aliphatic carbocycles. The molecule has 5 heteroatoms. The normalized spacial score (nSPS) is 12.0. The number of nitrogens with two attached hydrogens (primary N) is 1. The maximum atomic E-state index is 14.2. The van der Waals surface area contributed by atoms with E-state index >= 15 is 0 Å². The first kappa shape index (κ1) is 16.8. The highest BCUT2D eigenvalue weighted by Crippen LogP contribution is 2.14. The first-order valence-electron chi connectivity index (χ1n) is 7.39. The second kappa shape index (κ2) is 8.19. The second-order valence-electron chi connectivity index (χ2n) is 5.19. The van der Waals surface area contributed by atoms with Gasteiger partial charge in [0.15, 0.2) is 0 Å². The standard InChI is InChI=1S/C18H21FN4/c1-13-5-3-4-6-14(13)10-22-12-18-17(19)7-15(11-23-18)16(8-20)9-21-2/h3-9,11,22H,10,12,20H2,1-2H3. The Labute approximate surface area is 136 Å². The quantitative estimate of drug-likeness (QED) is 0.806. The van der Waals surface area contributed by atoms with Crippen molar-refractivity contribution < 1.29 is 4.39 Å². The minimum Gasteiger partial charge on any atom is -0.404 e. The fraction of sp³-hybridized carbons (Fsp3) is 0.222. The average Bonchev–Trinajstić information content (AvgIpc) is 2.56. The van der Waals surface area contributed by atoms with Gasteiger partial charge in [-0.3, -0.25) is 9.98 Å². The highest BCUT2D eigenvalue weighted by Gasteiger charge is 2.07. The van der Waals surface area contributed by atoms with Gasteiger partial charge in [0, 0.05) is 49.9 Å². The monoisotopic (exact) mass is 312 g/mol. The lowest BCUT2D eigenvalue weighted by atomic mass is 10.1. The van der Waals surface area contributed by atoms with Gasteiger partial charge in [-0.1, -0.05) is 24.3 Å². The lowest BCUT2D eigenvalue weighted by Crippen LogP contribution is -2.15. The van der Waals surface area contributed by atoms with Crippen LogP contribution in [0.25, 0.3) is 5.57 Å². The van der Waals surface area contributed by atoms with E-state index in [2.05, 4.69) is 34.3 Å². The van der Waals surface area contributed by atoms with Crippen LogP contribution in [0.3, 0.4) is 0 Å². The molecule has 0 aliphatic rings. The predicted molar refractivity (Wildman–Crippen MR) is 92.5 cm³/mol. The molecule has 0 saturated heterocycles. The van der Waals surface area contributed by atoms with Crippen molar-refractivity contribution in [3.05, 3.63) is 70.9 Å². The van der Waals surface area contributed by atoms with Crippen LogP contribution < -0.4 is 11.1 Å². The molecule has 0 radical (unpaired) electrons. The Morgan fingerprint density at radius 1 is 1.35 bits per heavy atom. The molecule has 1 aromatic carbocycles. The average molecular weight is 312 g/mol.